The molecule has 0 aliphatic carbocycles. The van der Waals surface area contributed by atoms with Crippen molar-refractivity contribution < 1.29 is 9.59 Å². The van der Waals surface area contributed by atoms with Crippen LogP contribution in [0.5, 0.6) is 0 Å². The molecule has 136 valence electrons. The number of carbonyl (C=O) groups excluding carboxylic acids is 2. The molecule has 0 bridgehead atoms. The molecule has 3 rings (SSSR count). The van der Waals surface area contributed by atoms with Gasteiger partial charge in [0.2, 0.25) is 0 Å². The number of anilines is 2. The van der Waals surface area contributed by atoms with Gasteiger partial charge in [0.25, 0.3) is 0 Å². The Bertz CT molecular complexity index is 807. The third kappa shape index (κ3) is 3.85. The van der Waals surface area contributed by atoms with Crippen LogP contribution in [0.4, 0.5) is 11.5 Å². The highest BCUT2D eigenvalue weighted by Crippen LogP contribution is 2.33. The Kier molecular flexibility index (Phi) is 5.21. The maximum absolute atomic E-state index is 12.9. The lowest BCUT2D eigenvalue weighted by atomic mass is 9.90. The van der Waals surface area contributed by atoms with Crippen LogP contribution in [0.2, 0.25) is 0 Å². The Labute approximate surface area is 153 Å². The van der Waals surface area contributed by atoms with Crippen LogP contribution >= 0.6 is 0 Å². The summed E-state index contributed by atoms with van der Waals surface area (Å²) in [6, 6.07) is 11.5. The molecule has 1 aliphatic rings. The topological polar surface area (TPSA) is 88.3 Å². The fourth-order valence-electron chi connectivity index (χ4n) is 3.37. The smallest absolute Gasteiger partial charge is 0.313 e. The second kappa shape index (κ2) is 7.56. The summed E-state index contributed by atoms with van der Waals surface area (Å²) in [5, 5.41) is 2.65. The molecular formula is C20H24N4O2. The van der Waals surface area contributed by atoms with Gasteiger partial charge in [0.1, 0.15) is 5.82 Å². The molecule has 2 heterocycles. The molecule has 1 unspecified atom stereocenters. The number of carbonyl (C=O) groups is 2. The van der Waals surface area contributed by atoms with Crippen molar-refractivity contribution in [2.75, 3.05) is 17.6 Å². The number of amides is 2. The Morgan fingerprint density at radius 2 is 1.96 bits per heavy atom. The number of nitrogens with two attached hydrogens (primary N) is 1. The first kappa shape index (κ1) is 17.9. The molecule has 6 nitrogen and oxygen atoms in total. The van der Waals surface area contributed by atoms with Gasteiger partial charge in [-0.15, -0.1) is 0 Å². The summed E-state index contributed by atoms with van der Waals surface area (Å²) in [5.74, 6) is -0.388. The number of benzene rings is 1. The van der Waals surface area contributed by atoms with E-state index in [1.807, 2.05) is 30.3 Å². The molecule has 6 heteroatoms. The zero-order valence-electron chi connectivity index (χ0n) is 15.1. The Morgan fingerprint density at radius 1 is 1.23 bits per heavy atom. The lowest BCUT2D eigenvalue weighted by Crippen LogP contribution is -2.46. The molecule has 1 aliphatic heterocycles. The first-order valence-corrected chi connectivity index (χ1v) is 8.84. The van der Waals surface area contributed by atoms with Crippen molar-refractivity contribution in [2.24, 2.45) is 5.92 Å². The molecule has 3 N–H and O–H groups in total. The van der Waals surface area contributed by atoms with E-state index >= 15 is 0 Å². The zero-order valence-corrected chi connectivity index (χ0v) is 15.1. The van der Waals surface area contributed by atoms with Gasteiger partial charge in [-0.25, -0.2) is 4.98 Å². The van der Waals surface area contributed by atoms with Crippen LogP contribution in [0.25, 0.3) is 0 Å². The Hall–Kier alpha value is -2.89. The number of nitrogens with zero attached hydrogens (tertiary/aromatic N) is 2. The van der Waals surface area contributed by atoms with Crippen molar-refractivity contribution in [1.29, 1.82) is 0 Å². The largest absolute Gasteiger partial charge is 0.383 e. The van der Waals surface area contributed by atoms with Gasteiger partial charge in [-0.05, 0) is 42.9 Å². The van der Waals surface area contributed by atoms with E-state index in [0.717, 1.165) is 24.0 Å². The van der Waals surface area contributed by atoms with Crippen LogP contribution in [-0.2, 0) is 9.59 Å². The minimum atomic E-state index is -0.647. The molecule has 1 saturated heterocycles. The van der Waals surface area contributed by atoms with Gasteiger partial charge in [0.05, 0.1) is 17.9 Å². The molecule has 2 aromatic rings. The van der Waals surface area contributed by atoms with Crippen LogP contribution in [-0.4, -0.2) is 28.2 Å². The molecule has 1 aromatic carbocycles. The van der Waals surface area contributed by atoms with Crippen LogP contribution in [0.15, 0.2) is 42.6 Å². The maximum Gasteiger partial charge on any atom is 0.313 e. The van der Waals surface area contributed by atoms with Crippen molar-refractivity contribution in [3.05, 3.63) is 53.7 Å². The fourth-order valence-corrected chi connectivity index (χ4v) is 3.37. The van der Waals surface area contributed by atoms with Crippen molar-refractivity contribution in [2.45, 2.75) is 32.7 Å². The van der Waals surface area contributed by atoms with Crippen molar-refractivity contribution in [1.82, 2.24) is 9.88 Å². The predicted octanol–water partition coefficient (Wildman–Crippen LogP) is 2.91. The van der Waals surface area contributed by atoms with Gasteiger partial charge < -0.3 is 16.0 Å². The van der Waals surface area contributed by atoms with E-state index in [0.29, 0.717) is 24.0 Å². The zero-order chi connectivity index (χ0) is 18.7. The molecule has 1 aromatic heterocycles. The highest BCUT2D eigenvalue weighted by Gasteiger charge is 2.34. The first-order chi connectivity index (χ1) is 12.5. The number of nitrogen functional groups attached to an aromatic ring is 1. The number of piperidine rings is 1. The maximum atomic E-state index is 12.9. The predicted molar refractivity (Wildman–Crippen MR) is 101 cm³/mol. The summed E-state index contributed by atoms with van der Waals surface area (Å²) in [6.07, 6.45) is 3.35. The SMILES string of the molecule is Cc1cc(NC(=O)C(=O)N2C[C@H](C)CCC2c2ccccc2)cnc1N. The normalized spacial score (nSPS) is 19.8. The second-order valence-corrected chi connectivity index (χ2v) is 6.95. The summed E-state index contributed by atoms with van der Waals surface area (Å²) >= 11 is 0. The molecule has 2 atom stereocenters. The Morgan fingerprint density at radius 3 is 2.65 bits per heavy atom. The quantitative estimate of drug-likeness (QED) is 0.814. The number of nitrogens with one attached hydrogen (secondary N) is 1. The van der Waals surface area contributed by atoms with E-state index in [2.05, 4.69) is 17.2 Å². The summed E-state index contributed by atoms with van der Waals surface area (Å²) in [5.41, 5.74) is 7.98. The van der Waals surface area contributed by atoms with E-state index in [1.165, 1.54) is 6.20 Å². The number of likely N-dealkylation sites (tertiary alicyclic amines) is 1. The van der Waals surface area contributed by atoms with E-state index in [-0.39, 0.29) is 6.04 Å². The molecule has 1 fully saturated rings. The van der Waals surface area contributed by atoms with Gasteiger partial charge in [-0.2, -0.15) is 0 Å². The fraction of sp³-hybridized carbons (Fsp3) is 0.350. The summed E-state index contributed by atoms with van der Waals surface area (Å²) < 4.78 is 0. The monoisotopic (exact) mass is 352 g/mol. The summed E-state index contributed by atoms with van der Waals surface area (Å²) in [4.78, 5) is 31.1. The molecular weight excluding hydrogens is 328 g/mol. The third-order valence-electron chi connectivity index (χ3n) is 4.83. The molecule has 0 saturated carbocycles. The van der Waals surface area contributed by atoms with Gasteiger partial charge in [0, 0.05) is 6.54 Å². The van der Waals surface area contributed by atoms with Crippen LogP contribution in [0.1, 0.15) is 36.9 Å². The molecule has 0 spiro atoms. The molecule has 26 heavy (non-hydrogen) atoms. The van der Waals surface area contributed by atoms with Crippen molar-refractivity contribution >= 4 is 23.3 Å². The number of hydrogen-bond donors (Lipinski definition) is 2. The molecule has 0 radical (unpaired) electrons. The first-order valence-electron chi connectivity index (χ1n) is 8.84. The average Bonchev–Trinajstić information content (AvgIpc) is 2.64. The number of aromatic nitrogens is 1. The number of pyridine rings is 1. The lowest BCUT2D eigenvalue weighted by Gasteiger charge is -2.38. The van der Waals surface area contributed by atoms with Gasteiger partial charge >= 0.3 is 11.8 Å². The van der Waals surface area contributed by atoms with Crippen LogP contribution in [0, 0.1) is 12.8 Å². The average molecular weight is 352 g/mol. The van der Waals surface area contributed by atoms with Crippen LogP contribution in [0.3, 0.4) is 0 Å². The highest BCUT2D eigenvalue weighted by atomic mass is 16.2. The number of aryl methyl sites for hydroxylation is 1. The van der Waals surface area contributed by atoms with Gasteiger partial charge in [-0.1, -0.05) is 37.3 Å². The van der Waals surface area contributed by atoms with E-state index in [4.69, 9.17) is 5.73 Å². The lowest BCUT2D eigenvalue weighted by molar-refractivity contribution is -0.146. The Balaban J connectivity index is 1.78. The summed E-state index contributed by atoms with van der Waals surface area (Å²) in [7, 11) is 0. The van der Waals surface area contributed by atoms with Crippen LogP contribution < -0.4 is 11.1 Å². The highest BCUT2D eigenvalue weighted by molar-refractivity contribution is 6.39. The van der Waals surface area contributed by atoms with Crippen molar-refractivity contribution in [3.63, 3.8) is 0 Å². The minimum absolute atomic E-state index is 0.0723. The van der Waals surface area contributed by atoms with Gasteiger partial charge in [0.15, 0.2) is 0 Å². The summed E-state index contributed by atoms with van der Waals surface area (Å²) in [6.45, 7) is 4.48. The van der Waals surface area contributed by atoms with E-state index in [1.54, 1.807) is 17.9 Å². The van der Waals surface area contributed by atoms with Gasteiger partial charge in [-0.3, -0.25) is 9.59 Å². The third-order valence-corrected chi connectivity index (χ3v) is 4.83. The molecule has 2 amide bonds. The van der Waals surface area contributed by atoms with Crippen molar-refractivity contribution in [3.8, 4) is 0 Å². The minimum Gasteiger partial charge on any atom is -0.383 e. The second-order valence-electron chi connectivity index (χ2n) is 6.95. The standard InChI is InChI=1S/C20H24N4O2/c1-13-8-9-17(15-6-4-3-5-7-15)24(12-13)20(26)19(25)23-16-10-14(2)18(21)22-11-16/h3-7,10-11,13,17H,8-9,12H2,1-2H3,(H2,21,22)(H,23,25)/t13-,17?/m1/s1. The van der Waals surface area contributed by atoms with E-state index in [9.17, 15) is 9.59 Å². The van der Waals surface area contributed by atoms with E-state index < -0.39 is 11.8 Å². The number of rotatable bonds is 2. The number of hydrogen-bond acceptors (Lipinski definition) is 4.